The predicted octanol–water partition coefficient (Wildman–Crippen LogP) is 1.21. The lowest BCUT2D eigenvalue weighted by Crippen LogP contribution is -2.07. The van der Waals surface area contributed by atoms with Crippen LogP contribution in [0.4, 0.5) is 0 Å². The molecule has 11 heavy (non-hydrogen) atoms. The molecule has 1 atom stereocenters. The van der Waals surface area contributed by atoms with Crippen LogP contribution in [0.1, 0.15) is 20.3 Å². The van der Waals surface area contributed by atoms with Gasteiger partial charge < -0.3 is 5.11 Å². The van der Waals surface area contributed by atoms with Crippen LogP contribution in [0.2, 0.25) is 0 Å². The van der Waals surface area contributed by atoms with E-state index in [4.69, 9.17) is 5.11 Å². The third kappa shape index (κ3) is 1.57. The molecule has 1 N–H and O–H groups in total. The third-order valence-electron chi connectivity index (χ3n) is 1.99. The highest BCUT2D eigenvalue weighted by Gasteiger charge is 2.15. The fourth-order valence-corrected chi connectivity index (χ4v) is 1.09. The first-order chi connectivity index (χ1) is 5.13. The Balaban J connectivity index is 2.89. The zero-order valence-electron chi connectivity index (χ0n) is 6.79. The number of carbonyl (C=O) groups is 1. The van der Waals surface area contributed by atoms with Gasteiger partial charge in [0.05, 0.1) is 6.10 Å². The lowest BCUT2D eigenvalue weighted by molar-refractivity contribution is -0.111. The van der Waals surface area contributed by atoms with Crippen molar-refractivity contribution in [3.8, 4) is 0 Å². The van der Waals surface area contributed by atoms with Gasteiger partial charge in [-0.1, -0.05) is 6.08 Å². The molecule has 0 aromatic carbocycles. The zero-order valence-corrected chi connectivity index (χ0v) is 6.79. The minimum atomic E-state index is -0.506. The van der Waals surface area contributed by atoms with Crippen molar-refractivity contribution in [2.24, 2.45) is 0 Å². The molecule has 0 aliphatic heterocycles. The molecule has 0 aromatic heterocycles. The van der Waals surface area contributed by atoms with Crippen molar-refractivity contribution in [1.29, 1.82) is 0 Å². The summed E-state index contributed by atoms with van der Waals surface area (Å²) in [5.74, 6) is 0.0448. The molecule has 2 heteroatoms. The standard InChI is InChI=1S/C9H12O2/c1-6(7(2)10)8-4-3-5-9(8)11/h3,5,7,10H,4H2,1-2H3/b8-6+. The summed E-state index contributed by atoms with van der Waals surface area (Å²) in [6, 6.07) is 0. The van der Waals surface area contributed by atoms with Gasteiger partial charge in [-0.05, 0) is 31.9 Å². The number of hydrogen-bond acceptors (Lipinski definition) is 2. The summed E-state index contributed by atoms with van der Waals surface area (Å²) in [6.07, 6.45) is 3.55. The number of hydrogen-bond donors (Lipinski definition) is 1. The van der Waals surface area contributed by atoms with Crippen LogP contribution in [0.25, 0.3) is 0 Å². The Bertz CT molecular complexity index is 234. The Morgan fingerprint density at radius 1 is 1.73 bits per heavy atom. The van der Waals surface area contributed by atoms with Crippen molar-refractivity contribution in [3.63, 3.8) is 0 Å². The van der Waals surface area contributed by atoms with Crippen LogP contribution in [0, 0.1) is 0 Å². The minimum Gasteiger partial charge on any atom is -0.389 e. The zero-order chi connectivity index (χ0) is 8.43. The number of allylic oxidation sites excluding steroid dienone is 3. The number of aliphatic hydroxyl groups is 1. The van der Waals surface area contributed by atoms with E-state index in [2.05, 4.69) is 0 Å². The van der Waals surface area contributed by atoms with Gasteiger partial charge in [-0.25, -0.2) is 0 Å². The van der Waals surface area contributed by atoms with Crippen LogP contribution in [0.3, 0.4) is 0 Å². The van der Waals surface area contributed by atoms with Crippen molar-refractivity contribution in [3.05, 3.63) is 23.3 Å². The summed E-state index contributed by atoms with van der Waals surface area (Å²) in [7, 11) is 0. The first kappa shape index (κ1) is 8.21. The summed E-state index contributed by atoms with van der Waals surface area (Å²) < 4.78 is 0. The Labute approximate surface area is 66.2 Å². The van der Waals surface area contributed by atoms with Gasteiger partial charge in [0.2, 0.25) is 0 Å². The second-order valence-electron chi connectivity index (χ2n) is 2.81. The summed E-state index contributed by atoms with van der Waals surface area (Å²) >= 11 is 0. The van der Waals surface area contributed by atoms with Crippen molar-refractivity contribution < 1.29 is 9.90 Å². The smallest absolute Gasteiger partial charge is 0.181 e. The van der Waals surface area contributed by atoms with Gasteiger partial charge in [0.15, 0.2) is 5.78 Å². The fourth-order valence-electron chi connectivity index (χ4n) is 1.09. The van der Waals surface area contributed by atoms with Gasteiger partial charge in [-0.15, -0.1) is 0 Å². The number of ketones is 1. The van der Waals surface area contributed by atoms with E-state index in [0.29, 0.717) is 6.42 Å². The molecule has 0 spiro atoms. The monoisotopic (exact) mass is 152 g/mol. The highest BCUT2D eigenvalue weighted by molar-refractivity contribution is 6.07. The molecule has 0 aromatic rings. The second kappa shape index (κ2) is 3.01. The van der Waals surface area contributed by atoms with E-state index in [1.165, 1.54) is 0 Å². The first-order valence-electron chi connectivity index (χ1n) is 3.71. The highest BCUT2D eigenvalue weighted by Crippen LogP contribution is 2.19. The summed E-state index contributed by atoms with van der Waals surface area (Å²) in [6.45, 7) is 3.47. The van der Waals surface area contributed by atoms with Crippen LogP contribution in [-0.4, -0.2) is 17.0 Å². The van der Waals surface area contributed by atoms with E-state index in [0.717, 1.165) is 11.1 Å². The molecule has 0 heterocycles. The molecule has 1 aliphatic carbocycles. The molecule has 0 radical (unpaired) electrons. The van der Waals surface area contributed by atoms with Crippen LogP contribution in [-0.2, 0) is 4.79 Å². The highest BCUT2D eigenvalue weighted by atomic mass is 16.3. The first-order valence-corrected chi connectivity index (χ1v) is 3.71. The lowest BCUT2D eigenvalue weighted by Gasteiger charge is -2.07. The maximum atomic E-state index is 11.1. The van der Waals surface area contributed by atoms with Gasteiger partial charge >= 0.3 is 0 Å². The van der Waals surface area contributed by atoms with E-state index in [-0.39, 0.29) is 5.78 Å². The largest absolute Gasteiger partial charge is 0.389 e. The molecule has 1 unspecified atom stereocenters. The van der Waals surface area contributed by atoms with Crippen LogP contribution >= 0.6 is 0 Å². The van der Waals surface area contributed by atoms with E-state index in [9.17, 15) is 4.79 Å². The van der Waals surface area contributed by atoms with Gasteiger partial charge in [-0.3, -0.25) is 4.79 Å². The molecule has 0 saturated heterocycles. The van der Waals surface area contributed by atoms with Crippen molar-refractivity contribution in [1.82, 2.24) is 0 Å². The average molecular weight is 152 g/mol. The second-order valence-corrected chi connectivity index (χ2v) is 2.81. The molecule has 0 amide bonds. The van der Waals surface area contributed by atoms with Crippen molar-refractivity contribution >= 4 is 5.78 Å². The van der Waals surface area contributed by atoms with Crippen molar-refractivity contribution in [2.75, 3.05) is 0 Å². The van der Waals surface area contributed by atoms with Gasteiger partial charge in [0.1, 0.15) is 0 Å². The Morgan fingerprint density at radius 2 is 2.36 bits per heavy atom. The Morgan fingerprint density at radius 3 is 2.73 bits per heavy atom. The van der Waals surface area contributed by atoms with Crippen LogP contribution < -0.4 is 0 Å². The summed E-state index contributed by atoms with van der Waals surface area (Å²) in [5, 5.41) is 9.16. The molecule has 1 aliphatic rings. The van der Waals surface area contributed by atoms with E-state index >= 15 is 0 Å². The maximum Gasteiger partial charge on any atom is 0.181 e. The fraction of sp³-hybridized carbons (Fsp3) is 0.444. The number of aliphatic hydroxyl groups excluding tert-OH is 1. The summed E-state index contributed by atoms with van der Waals surface area (Å²) in [5.41, 5.74) is 1.54. The summed E-state index contributed by atoms with van der Waals surface area (Å²) in [4.78, 5) is 11.1. The Kier molecular flexibility index (Phi) is 2.25. The molecular formula is C9H12O2. The SMILES string of the molecule is C/C(=C1/CC=CC1=O)C(C)O. The normalized spacial score (nSPS) is 24.1. The van der Waals surface area contributed by atoms with Gasteiger partial charge in [-0.2, -0.15) is 0 Å². The molecule has 2 nitrogen and oxygen atoms in total. The molecule has 0 bridgehead atoms. The van der Waals surface area contributed by atoms with Crippen LogP contribution in [0.15, 0.2) is 23.3 Å². The molecule has 0 saturated carbocycles. The van der Waals surface area contributed by atoms with E-state index in [1.54, 1.807) is 19.9 Å². The van der Waals surface area contributed by atoms with Crippen LogP contribution in [0.5, 0.6) is 0 Å². The molecule has 0 fully saturated rings. The number of carbonyl (C=O) groups excluding carboxylic acids is 1. The Hall–Kier alpha value is -0.890. The average Bonchev–Trinajstić information content (AvgIpc) is 2.33. The minimum absolute atomic E-state index is 0.0448. The maximum absolute atomic E-state index is 11.1. The topological polar surface area (TPSA) is 37.3 Å². The molecular weight excluding hydrogens is 140 g/mol. The lowest BCUT2D eigenvalue weighted by atomic mass is 10.0. The quantitative estimate of drug-likeness (QED) is 0.573. The van der Waals surface area contributed by atoms with Crippen molar-refractivity contribution in [2.45, 2.75) is 26.4 Å². The third-order valence-corrected chi connectivity index (χ3v) is 1.99. The molecule has 60 valence electrons. The van der Waals surface area contributed by atoms with E-state index < -0.39 is 6.10 Å². The predicted molar refractivity (Wildman–Crippen MR) is 43.1 cm³/mol. The molecule has 1 rings (SSSR count). The van der Waals surface area contributed by atoms with Gasteiger partial charge in [0, 0.05) is 5.57 Å². The van der Waals surface area contributed by atoms with E-state index in [1.807, 2.05) is 6.08 Å². The van der Waals surface area contributed by atoms with Gasteiger partial charge in [0.25, 0.3) is 0 Å². The number of rotatable bonds is 1.